The monoisotopic (exact) mass is 693 g/mol. The fraction of sp³-hybridized carbons (Fsp3) is 0.444. The van der Waals surface area contributed by atoms with Gasteiger partial charge in [-0.1, -0.05) is 144 Å². The van der Waals surface area contributed by atoms with E-state index in [0.29, 0.717) is 44.3 Å². The summed E-state index contributed by atoms with van der Waals surface area (Å²) in [5.74, 6) is 1.34. The van der Waals surface area contributed by atoms with Crippen molar-refractivity contribution < 1.29 is 24.1 Å². The molecule has 0 aliphatic heterocycles. The van der Waals surface area contributed by atoms with Crippen molar-refractivity contribution in [3.05, 3.63) is 130 Å². The number of aryl methyl sites for hydroxylation is 1. The van der Waals surface area contributed by atoms with Gasteiger partial charge in [0.2, 0.25) is 0 Å². The summed E-state index contributed by atoms with van der Waals surface area (Å²) in [5, 5.41) is 14.9. The molecular weight excluding hydrogens is 634 g/mol. The first-order valence-corrected chi connectivity index (χ1v) is 19.1. The van der Waals surface area contributed by atoms with Crippen molar-refractivity contribution in [2.75, 3.05) is 33.0 Å². The lowest BCUT2D eigenvalue weighted by Gasteiger charge is -2.30. The fourth-order valence-corrected chi connectivity index (χ4v) is 6.37. The third-order valence-electron chi connectivity index (χ3n) is 9.57. The SMILES string of the molecule is CCCCCCCCCCCCCOc1cc(C(=O)NCCOCCOc2ccc(C(O)(c3ccccc3)c3ccccc3)cc2)cc(C)c1C. The van der Waals surface area contributed by atoms with Crippen LogP contribution in [0.4, 0.5) is 0 Å². The molecule has 0 aromatic heterocycles. The molecule has 0 fully saturated rings. The minimum Gasteiger partial charge on any atom is -0.493 e. The van der Waals surface area contributed by atoms with Crippen LogP contribution in [0.15, 0.2) is 97.1 Å². The highest BCUT2D eigenvalue weighted by molar-refractivity contribution is 5.95. The van der Waals surface area contributed by atoms with Gasteiger partial charge in [-0.25, -0.2) is 0 Å². The van der Waals surface area contributed by atoms with Crippen molar-refractivity contribution in [2.24, 2.45) is 0 Å². The van der Waals surface area contributed by atoms with Crippen molar-refractivity contribution >= 4 is 5.91 Å². The Bertz CT molecular complexity index is 1520. The number of amides is 1. The molecular formula is C45H59NO5. The summed E-state index contributed by atoms with van der Waals surface area (Å²) in [6, 6.07) is 30.7. The highest BCUT2D eigenvalue weighted by Gasteiger charge is 2.33. The predicted octanol–water partition coefficient (Wildman–Crippen LogP) is 10.1. The molecule has 274 valence electrons. The molecule has 0 saturated heterocycles. The summed E-state index contributed by atoms with van der Waals surface area (Å²) in [6.45, 7) is 8.53. The van der Waals surface area contributed by atoms with Crippen LogP contribution in [0.3, 0.4) is 0 Å². The van der Waals surface area contributed by atoms with Crippen LogP contribution in [0.5, 0.6) is 11.5 Å². The molecule has 4 rings (SSSR count). The molecule has 0 radical (unpaired) electrons. The van der Waals surface area contributed by atoms with E-state index in [4.69, 9.17) is 14.2 Å². The average molecular weight is 694 g/mol. The lowest BCUT2D eigenvalue weighted by atomic mass is 9.80. The minimum absolute atomic E-state index is 0.136. The van der Waals surface area contributed by atoms with Crippen LogP contribution in [0.2, 0.25) is 0 Å². The zero-order chi connectivity index (χ0) is 36.2. The second kappa shape index (κ2) is 21.9. The van der Waals surface area contributed by atoms with Gasteiger partial charge in [0.1, 0.15) is 23.7 Å². The molecule has 0 aliphatic carbocycles. The maximum absolute atomic E-state index is 12.9. The molecule has 0 aliphatic rings. The Morgan fingerprint density at radius 2 is 1.18 bits per heavy atom. The van der Waals surface area contributed by atoms with E-state index in [1.54, 1.807) is 0 Å². The van der Waals surface area contributed by atoms with Gasteiger partial charge in [-0.3, -0.25) is 4.79 Å². The first-order valence-electron chi connectivity index (χ1n) is 19.1. The van der Waals surface area contributed by atoms with E-state index in [2.05, 4.69) is 12.2 Å². The summed E-state index contributed by atoms with van der Waals surface area (Å²) in [6.07, 6.45) is 14.3. The first-order chi connectivity index (χ1) is 24.9. The number of carbonyl (C=O) groups is 1. The molecule has 0 bridgehead atoms. The Labute approximate surface area is 306 Å². The molecule has 2 N–H and O–H groups in total. The number of rotatable bonds is 24. The van der Waals surface area contributed by atoms with E-state index < -0.39 is 5.60 Å². The van der Waals surface area contributed by atoms with E-state index >= 15 is 0 Å². The third-order valence-corrected chi connectivity index (χ3v) is 9.57. The Morgan fingerprint density at radius 1 is 0.627 bits per heavy atom. The highest BCUT2D eigenvalue weighted by atomic mass is 16.5. The maximum atomic E-state index is 12.9. The Morgan fingerprint density at radius 3 is 1.76 bits per heavy atom. The lowest BCUT2D eigenvalue weighted by Crippen LogP contribution is -2.28. The molecule has 1 amide bonds. The Balaban J connectivity index is 1.12. The molecule has 0 spiro atoms. The van der Waals surface area contributed by atoms with Crippen LogP contribution < -0.4 is 14.8 Å². The second-order valence-corrected chi connectivity index (χ2v) is 13.5. The topological polar surface area (TPSA) is 77.0 Å². The predicted molar refractivity (Wildman–Crippen MR) is 208 cm³/mol. The molecule has 4 aromatic carbocycles. The standard InChI is InChI=1S/C45H59NO5/c1-4-5-6-7-8-9-10-11-12-13-20-30-51-43-35-38(34-36(2)37(43)3)44(47)46-29-31-49-32-33-50-42-27-25-41(26-28-42)45(48,39-21-16-14-17-22-39)40-23-18-15-19-24-40/h14-19,21-28,34-35,48H,4-13,20,29-33H2,1-3H3,(H,46,47). The highest BCUT2D eigenvalue weighted by Crippen LogP contribution is 2.37. The Kier molecular flexibility index (Phi) is 17.1. The molecule has 0 saturated carbocycles. The van der Waals surface area contributed by atoms with Crippen molar-refractivity contribution in [3.8, 4) is 11.5 Å². The van der Waals surface area contributed by atoms with Crippen LogP contribution in [-0.2, 0) is 10.3 Å². The Hall–Kier alpha value is -4.13. The van der Waals surface area contributed by atoms with Crippen LogP contribution in [0.25, 0.3) is 0 Å². The van der Waals surface area contributed by atoms with E-state index in [-0.39, 0.29) is 5.91 Å². The molecule has 0 unspecified atom stereocenters. The number of carbonyl (C=O) groups excluding carboxylic acids is 1. The van der Waals surface area contributed by atoms with Crippen LogP contribution in [-0.4, -0.2) is 44.0 Å². The van der Waals surface area contributed by atoms with Crippen molar-refractivity contribution in [2.45, 2.75) is 97.0 Å². The summed E-state index contributed by atoms with van der Waals surface area (Å²) < 4.78 is 17.7. The smallest absolute Gasteiger partial charge is 0.251 e. The van der Waals surface area contributed by atoms with Gasteiger partial charge in [0, 0.05) is 12.1 Å². The van der Waals surface area contributed by atoms with E-state index in [1.807, 2.05) is 111 Å². The molecule has 51 heavy (non-hydrogen) atoms. The number of unbranched alkanes of at least 4 members (excludes halogenated alkanes) is 10. The van der Waals surface area contributed by atoms with E-state index in [9.17, 15) is 9.90 Å². The van der Waals surface area contributed by atoms with Crippen LogP contribution >= 0.6 is 0 Å². The number of hydrogen-bond donors (Lipinski definition) is 2. The molecule has 4 aromatic rings. The second-order valence-electron chi connectivity index (χ2n) is 13.5. The van der Waals surface area contributed by atoms with E-state index in [0.717, 1.165) is 40.0 Å². The zero-order valence-corrected chi connectivity index (χ0v) is 31.1. The first kappa shape index (κ1) is 39.7. The normalized spacial score (nSPS) is 11.4. The molecule has 0 heterocycles. The quantitative estimate of drug-likeness (QED) is 0.0564. The van der Waals surface area contributed by atoms with Gasteiger partial charge >= 0.3 is 0 Å². The number of hydrogen-bond acceptors (Lipinski definition) is 5. The van der Waals surface area contributed by atoms with Crippen molar-refractivity contribution in [3.63, 3.8) is 0 Å². The minimum atomic E-state index is -1.29. The molecule has 6 heteroatoms. The van der Waals surface area contributed by atoms with Crippen molar-refractivity contribution in [1.29, 1.82) is 0 Å². The van der Waals surface area contributed by atoms with Crippen LogP contribution in [0.1, 0.15) is 116 Å². The summed E-state index contributed by atoms with van der Waals surface area (Å²) in [5.41, 5.74) is 3.79. The van der Waals surface area contributed by atoms with E-state index in [1.165, 1.54) is 64.2 Å². The zero-order valence-electron chi connectivity index (χ0n) is 31.1. The summed E-state index contributed by atoms with van der Waals surface area (Å²) in [7, 11) is 0. The number of benzene rings is 4. The summed E-state index contributed by atoms with van der Waals surface area (Å²) >= 11 is 0. The maximum Gasteiger partial charge on any atom is 0.251 e. The molecule has 0 atom stereocenters. The fourth-order valence-electron chi connectivity index (χ4n) is 6.37. The van der Waals surface area contributed by atoms with Crippen LogP contribution in [0, 0.1) is 13.8 Å². The van der Waals surface area contributed by atoms with Gasteiger partial charge in [-0.2, -0.15) is 0 Å². The van der Waals surface area contributed by atoms with Gasteiger partial charge in [0.05, 0.1) is 19.8 Å². The number of nitrogens with one attached hydrogen (secondary N) is 1. The van der Waals surface area contributed by atoms with Crippen molar-refractivity contribution in [1.82, 2.24) is 5.32 Å². The van der Waals surface area contributed by atoms with Gasteiger partial charge in [-0.05, 0) is 72.4 Å². The average Bonchev–Trinajstić information content (AvgIpc) is 3.16. The largest absolute Gasteiger partial charge is 0.493 e. The number of aliphatic hydroxyl groups is 1. The van der Waals surface area contributed by atoms with Gasteiger partial charge < -0.3 is 24.6 Å². The van der Waals surface area contributed by atoms with Gasteiger partial charge in [0.25, 0.3) is 5.91 Å². The van der Waals surface area contributed by atoms with Gasteiger partial charge in [0.15, 0.2) is 0 Å². The third kappa shape index (κ3) is 12.6. The van der Waals surface area contributed by atoms with Gasteiger partial charge in [-0.15, -0.1) is 0 Å². The summed E-state index contributed by atoms with van der Waals surface area (Å²) in [4.78, 5) is 12.9. The molecule has 6 nitrogen and oxygen atoms in total. The lowest BCUT2D eigenvalue weighted by molar-refractivity contribution is 0.0866. The number of ether oxygens (including phenoxy) is 3.